The van der Waals surface area contributed by atoms with Crippen LogP contribution in [0.2, 0.25) is 5.02 Å². The molecule has 0 bridgehead atoms. The van der Waals surface area contributed by atoms with Crippen molar-refractivity contribution in [3.63, 3.8) is 0 Å². The van der Waals surface area contributed by atoms with Crippen LogP contribution in [0.4, 0.5) is 5.69 Å². The molecule has 0 spiro atoms. The van der Waals surface area contributed by atoms with E-state index in [4.69, 9.17) is 28.6 Å². The number of nitrogens with one attached hydrogen (secondary N) is 2. The van der Waals surface area contributed by atoms with Crippen LogP contribution in [0.3, 0.4) is 0 Å². The molecule has 0 aromatic heterocycles. The van der Waals surface area contributed by atoms with E-state index < -0.39 is 5.97 Å². The molecule has 0 radical (unpaired) electrons. The van der Waals surface area contributed by atoms with Crippen LogP contribution in [0.1, 0.15) is 42.5 Å². The summed E-state index contributed by atoms with van der Waals surface area (Å²) in [5.74, 6) is -0.463. The van der Waals surface area contributed by atoms with Gasteiger partial charge in [-0.1, -0.05) is 30.9 Å². The average Bonchev–Trinajstić information content (AvgIpc) is 2.49. The van der Waals surface area contributed by atoms with Crippen molar-refractivity contribution in [2.45, 2.75) is 38.1 Å². The fraction of sp³-hybridized carbons (Fsp3) is 0.467. The first-order chi connectivity index (χ1) is 10.1. The minimum absolute atomic E-state index is 0.324. The zero-order chi connectivity index (χ0) is 15.2. The maximum atomic E-state index is 11.6. The van der Waals surface area contributed by atoms with E-state index >= 15 is 0 Å². The number of halogens is 1. The Balaban J connectivity index is 1.98. The lowest BCUT2D eigenvalue weighted by molar-refractivity contribution is 0.0601. The molecular weight excluding hydrogens is 308 g/mol. The Labute approximate surface area is 135 Å². The second kappa shape index (κ2) is 7.61. The summed E-state index contributed by atoms with van der Waals surface area (Å²) in [7, 11) is 1.33. The van der Waals surface area contributed by atoms with E-state index in [0.29, 0.717) is 27.4 Å². The van der Waals surface area contributed by atoms with Crippen molar-refractivity contribution in [2.24, 2.45) is 0 Å². The van der Waals surface area contributed by atoms with Crippen LogP contribution < -0.4 is 10.6 Å². The molecular formula is C15H19ClN2O2S. The van der Waals surface area contributed by atoms with Gasteiger partial charge in [0.25, 0.3) is 0 Å². The van der Waals surface area contributed by atoms with Crippen LogP contribution in [-0.2, 0) is 4.74 Å². The Morgan fingerprint density at radius 1 is 1.33 bits per heavy atom. The molecule has 1 aromatic rings. The van der Waals surface area contributed by atoms with Gasteiger partial charge in [0.2, 0.25) is 0 Å². The standard InChI is InChI=1S/C15H19ClN2O2S/c1-20-14(19)12-9-11(7-8-13(12)16)18-15(21)17-10-5-3-2-4-6-10/h7-10H,2-6H2,1H3,(H2,17,18,21). The second-order valence-electron chi connectivity index (χ2n) is 5.12. The van der Waals surface area contributed by atoms with E-state index in [2.05, 4.69) is 10.6 Å². The van der Waals surface area contributed by atoms with Gasteiger partial charge in [-0.25, -0.2) is 4.79 Å². The highest BCUT2D eigenvalue weighted by atomic mass is 35.5. The summed E-state index contributed by atoms with van der Waals surface area (Å²) in [5, 5.41) is 7.33. The number of esters is 1. The molecule has 2 rings (SSSR count). The molecule has 2 N–H and O–H groups in total. The van der Waals surface area contributed by atoms with Gasteiger partial charge in [-0.15, -0.1) is 0 Å². The average molecular weight is 327 g/mol. The van der Waals surface area contributed by atoms with E-state index in [1.165, 1.54) is 26.4 Å². The lowest BCUT2D eigenvalue weighted by Crippen LogP contribution is -2.38. The number of carbonyl (C=O) groups is 1. The highest BCUT2D eigenvalue weighted by molar-refractivity contribution is 7.80. The van der Waals surface area contributed by atoms with Crippen molar-refractivity contribution >= 4 is 40.6 Å². The van der Waals surface area contributed by atoms with E-state index in [9.17, 15) is 4.79 Å². The van der Waals surface area contributed by atoms with Crippen LogP contribution in [-0.4, -0.2) is 24.2 Å². The van der Waals surface area contributed by atoms with E-state index in [-0.39, 0.29) is 0 Å². The summed E-state index contributed by atoms with van der Waals surface area (Å²) >= 11 is 11.3. The molecule has 0 atom stereocenters. The van der Waals surface area contributed by atoms with E-state index in [0.717, 1.165) is 12.8 Å². The van der Waals surface area contributed by atoms with E-state index in [1.807, 2.05) is 0 Å². The molecule has 1 fully saturated rings. The molecule has 0 amide bonds. The highest BCUT2D eigenvalue weighted by Crippen LogP contribution is 2.22. The number of hydrogen-bond donors (Lipinski definition) is 2. The first-order valence-corrected chi connectivity index (χ1v) is 7.84. The van der Waals surface area contributed by atoms with Crippen molar-refractivity contribution in [1.29, 1.82) is 0 Å². The maximum absolute atomic E-state index is 11.6. The molecule has 0 unspecified atom stereocenters. The van der Waals surface area contributed by atoms with E-state index in [1.54, 1.807) is 18.2 Å². The summed E-state index contributed by atoms with van der Waals surface area (Å²) < 4.78 is 4.70. The molecule has 1 aliphatic rings. The molecule has 6 heteroatoms. The predicted octanol–water partition coefficient (Wildman–Crippen LogP) is 3.75. The number of ether oxygens (including phenoxy) is 1. The summed E-state index contributed by atoms with van der Waals surface area (Å²) in [6.07, 6.45) is 6.09. The third-order valence-corrected chi connectivity index (χ3v) is 4.12. The second-order valence-corrected chi connectivity index (χ2v) is 5.94. The van der Waals surface area contributed by atoms with Gasteiger partial charge in [0.15, 0.2) is 5.11 Å². The minimum Gasteiger partial charge on any atom is -0.465 e. The third kappa shape index (κ3) is 4.58. The first kappa shape index (κ1) is 16.0. The molecule has 1 aliphatic carbocycles. The number of rotatable bonds is 3. The first-order valence-electron chi connectivity index (χ1n) is 7.05. The van der Waals surface area contributed by atoms with Crippen molar-refractivity contribution < 1.29 is 9.53 Å². The van der Waals surface area contributed by atoms with Crippen LogP contribution in [0.5, 0.6) is 0 Å². The number of thiocarbonyl (C=S) groups is 1. The lowest BCUT2D eigenvalue weighted by Gasteiger charge is -2.24. The minimum atomic E-state index is -0.463. The Morgan fingerprint density at radius 3 is 2.71 bits per heavy atom. The van der Waals surface area contributed by atoms with Gasteiger partial charge in [0, 0.05) is 11.7 Å². The van der Waals surface area contributed by atoms with Crippen molar-refractivity contribution in [2.75, 3.05) is 12.4 Å². The lowest BCUT2D eigenvalue weighted by atomic mass is 9.96. The maximum Gasteiger partial charge on any atom is 0.339 e. The van der Waals surface area contributed by atoms with Crippen molar-refractivity contribution in [3.05, 3.63) is 28.8 Å². The van der Waals surface area contributed by atoms with Gasteiger partial charge >= 0.3 is 5.97 Å². The Bertz CT molecular complexity index is 530. The quantitative estimate of drug-likeness (QED) is 0.654. The number of anilines is 1. The zero-order valence-electron chi connectivity index (χ0n) is 11.9. The van der Waals surface area contributed by atoms with Crippen LogP contribution in [0.25, 0.3) is 0 Å². The normalized spacial score (nSPS) is 15.3. The summed E-state index contributed by atoms with van der Waals surface area (Å²) in [6, 6.07) is 5.51. The third-order valence-electron chi connectivity index (χ3n) is 3.57. The topological polar surface area (TPSA) is 50.4 Å². The molecule has 0 saturated heterocycles. The highest BCUT2D eigenvalue weighted by Gasteiger charge is 2.15. The number of methoxy groups -OCH3 is 1. The monoisotopic (exact) mass is 326 g/mol. The summed E-state index contributed by atoms with van der Waals surface area (Å²) in [5.41, 5.74) is 1.04. The van der Waals surface area contributed by atoms with Gasteiger partial charge in [0.05, 0.1) is 17.7 Å². The molecule has 0 aliphatic heterocycles. The fourth-order valence-electron chi connectivity index (χ4n) is 2.47. The Hall–Kier alpha value is -1.33. The smallest absolute Gasteiger partial charge is 0.339 e. The molecule has 4 nitrogen and oxygen atoms in total. The number of hydrogen-bond acceptors (Lipinski definition) is 3. The summed E-state index contributed by atoms with van der Waals surface area (Å²) in [4.78, 5) is 11.6. The number of benzene rings is 1. The van der Waals surface area contributed by atoms with Gasteiger partial charge in [-0.05, 0) is 43.3 Å². The molecule has 21 heavy (non-hydrogen) atoms. The summed E-state index contributed by atoms with van der Waals surface area (Å²) in [6.45, 7) is 0. The SMILES string of the molecule is COC(=O)c1cc(NC(=S)NC2CCCCC2)ccc1Cl. The predicted molar refractivity (Wildman–Crippen MR) is 89.0 cm³/mol. The van der Waals surface area contributed by atoms with Crippen molar-refractivity contribution in [1.82, 2.24) is 5.32 Å². The zero-order valence-corrected chi connectivity index (χ0v) is 13.5. The Morgan fingerprint density at radius 2 is 2.05 bits per heavy atom. The van der Waals surface area contributed by atoms with Crippen LogP contribution in [0, 0.1) is 0 Å². The fourth-order valence-corrected chi connectivity index (χ4v) is 2.95. The largest absolute Gasteiger partial charge is 0.465 e. The van der Waals surface area contributed by atoms with Crippen molar-refractivity contribution in [3.8, 4) is 0 Å². The van der Waals surface area contributed by atoms with Gasteiger partial charge in [-0.2, -0.15) is 0 Å². The van der Waals surface area contributed by atoms with Gasteiger partial charge in [-0.3, -0.25) is 0 Å². The molecule has 1 aromatic carbocycles. The molecule has 0 heterocycles. The molecule has 114 valence electrons. The molecule has 1 saturated carbocycles. The van der Waals surface area contributed by atoms with Gasteiger partial charge in [0.1, 0.15) is 0 Å². The van der Waals surface area contributed by atoms with Crippen LogP contribution in [0.15, 0.2) is 18.2 Å². The number of carbonyl (C=O) groups excluding carboxylic acids is 1. The van der Waals surface area contributed by atoms with Gasteiger partial charge < -0.3 is 15.4 Å². The van der Waals surface area contributed by atoms with Crippen LogP contribution >= 0.6 is 23.8 Å². The Kier molecular flexibility index (Phi) is 5.82.